The van der Waals surface area contributed by atoms with Gasteiger partial charge in [-0.25, -0.2) is 4.39 Å². The number of rotatable bonds is 6. The van der Waals surface area contributed by atoms with Crippen LogP contribution in [0.25, 0.3) is 0 Å². The molecule has 21 heavy (non-hydrogen) atoms. The van der Waals surface area contributed by atoms with Crippen LogP contribution in [0.5, 0.6) is 0 Å². The molecule has 116 valence electrons. The van der Waals surface area contributed by atoms with Gasteiger partial charge in [-0.1, -0.05) is 12.1 Å². The Morgan fingerprint density at radius 2 is 2.29 bits per heavy atom. The van der Waals surface area contributed by atoms with Gasteiger partial charge >= 0.3 is 0 Å². The average Bonchev–Trinajstić information content (AvgIpc) is 2.80. The van der Waals surface area contributed by atoms with Gasteiger partial charge in [-0.2, -0.15) is 0 Å². The molecule has 1 aliphatic rings. The number of hydrogen-bond donors (Lipinski definition) is 3. The Morgan fingerprint density at radius 3 is 2.90 bits per heavy atom. The van der Waals surface area contributed by atoms with Gasteiger partial charge in [0.1, 0.15) is 5.82 Å². The van der Waals surface area contributed by atoms with Crippen LogP contribution in [0.15, 0.2) is 24.3 Å². The van der Waals surface area contributed by atoms with Crippen molar-refractivity contribution in [1.82, 2.24) is 10.6 Å². The molecule has 0 aromatic heterocycles. The second kappa shape index (κ2) is 6.54. The van der Waals surface area contributed by atoms with Crippen LogP contribution in [0.4, 0.5) is 4.39 Å². The monoisotopic (exact) mass is 294 g/mol. The zero-order chi connectivity index (χ0) is 15.5. The van der Waals surface area contributed by atoms with Gasteiger partial charge in [-0.05, 0) is 43.9 Å². The summed E-state index contributed by atoms with van der Waals surface area (Å²) in [7, 11) is 0. The molecule has 1 aliphatic heterocycles. The molecule has 1 heterocycles. The highest BCUT2D eigenvalue weighted by molar-refractivity contribution is 5.78. The third-order valence-corrected chi connectivity index (χ3v) is 3.87. The van der Waals surface area contributed by atoms with E-state index in [0.717, 1.165) is 13.0 Å². The smallest absolute Gasteiger partial charge is 0.220 e. The summed E-state index contributed by atoms with van der Waals surface area (Å²) >= 11 is 0. The number of halogens is 1. The van der Waals surface area contributed by atoms with Gasteiger partial charge in [0.05, 0.1) is 6.10 Å². The molecular weight excluding hydrogens is 271 g/mol. The molecule has 1 aromatic carbocycles. The number of nitrogens with one attached hydrogen (secondary N) is 2. The predicted octanol–water partition coefficient (Wildman–Crippen LogP) is 1.75. The molecule has 0 aliphatic carbocycles. The topological polar surface area (TPSA) is 61.4 Å². The van der Waals surface area contributed by atoms with E-state index < -0.39 is 6.10 Å². The van der Waals surface area contributed by atoms with Crippen molar-refractivity contribution in [2.45, 2.75) is 38.3 Å². The first kappa shape index (κ1) is 15.9. The third-order valence-electron chi connectivity index (χ3n) is 3.87. The lowest BCUT2D eigenvalue weighted by atomic mass is 9.89. The maximum Gasteiger partial charge on any atom is 0.220 e. The standard InChI is InChI=1S/C16H23FN2O2/c1-16(2,8-11-6-15(21)18-9-11)19-10-14(20)12-4-3-5-13(17)7-12/h3-5,7,11,14,19-20H,6,8-10H2,1-2H3,(H,18,21)/t11-,14-/m0/s1. The fraction of sp³-hybridized carbons (Fsp3) is 0.562. The van der Waals surface area contributed by atoms with Crippen LogP contribution >= 0.6 is 0 Å². The van der Waals surface area contributed by atoms with Crippen LogP contribution in [-0.4, -0.2) is 29.6 Å². The highest BCUT2D eigenvalue weighted by Gasteiger charge is 2.29. The molecule has 0 spiro atoms. The second-order valence-electron chi connectivity index (χ2n) is 6.41. The largest absolute Gasteiger partial charge is 0.387 e. The van der Waals surface area contributed by atoms with E-state index in [9.17, 15) is 14.3 Å². The van der Waals surface area contributed by atoms with Gasteiger partial charge < -0.3 is 15.7 Å². The summed E-state index contributed by atoms with van der Waals surface area (Å²) in [4.78, 5) is 11.2. The lowest BCUT2D eigenvalue weighted by molar-refractivity contribution is -0.119. The lowest BCUT2D eigenvalue weighted by Gasteiger charge is -2.30. The first-order valence-corrected chi connectivity index (χ1v) is 7.31. The number of carbonyl (C=O) groups excluding carboxylic acids is 1. The molecule has 2 rings (SSSR count). The summed E-state index contributed by atoms with van der Waals surface area (Å²) in [6.45, 7) is 5.17. The molecule has 1 amide bonds. The van der Waals surface area contributed by atoms with Crippen molar-refractivity contribution in [2.24, 2.45) is 5.92 Å². The van der Waals surface area contributed by atoms with Gasteiger partial charge in [0, 0.05) is 25.0 Å². The van der Waals surface area contributed by atoms with Crippen molar-refractivity contribution in [2.75, 3.05) is 13.1 Å². The van der Waals surface area contributed by atoms with Crippen LogP contribution in [0.2, 0.25) is 0 Å². The highest BCUT2D eigenvalue weighted by atomic mass is 19.1. The van der Waals surface area contributed by atoms with E-state index in [0.29, 0.717) is 24.4 Å². The van der Waals surface area contributed by atoms with E-state index in [-0.39, 0.29) is 17.3 Å². The molecule has 1 saturated heterocycles. The van der Waals surface area contributed by atoms with Crippen molar-refractivity contribution in [3.63, 3.8) is 0 Å². The number of aliphatic hydroxyl groups is 1. The number of β-amino-alcohol motifs (C(OH)–C–C–N with tert-alkyl or cyclic N) is 1. The Hall–Kier alpha value is -1.46. The van der Waals surface area contributed by atoms with Gasteiger partial charge in [-0.3, -0.25) is 4.79 Å². The molecule has 0 bridgehead atoms. The van der Waals surface area contributed by atoms with Crippen LogP contribution in [0.3, 0.4) is 0 Å². The zero-order valence-electron chi connectivity index (χ0n) is 12.5. The Morgan fingerprint density at radius 1 is 1.52 bits per heavy atom. The summed E-state index contributed by atoms with van der Waals surface area (Å²) in [6, 6.07) is 6.01. The highest BCUT2D eigenvalue weighted by Crippen LogP contribution is 2.23. The van der Waals surface area contributed by atoms with Crippen molar-refractivity contribution in [3.05, 3.63) is 35.6 Å². The van der Waals surface area contributed by atoms with Gasteiger partial charge in [-0.15, -0.1) is 0 Å². The molecule has 1 fully saturated rings. The molecule has 1 aromatic rings. The molecule has 0 radical (unpaired) electrons. The van der Waals surface area contributed by atoms with Crippen LogP contribution in [-0.2, 0) is 4.79 Å². The predicted molar refractivity (Wildman–Crippen MR) is 79.2 cm³/mol. The quantitative estimate of drug-likeness (QED) is 0.749. The van der Waals surface area contributed by atoms with E-state index in [1.54, 1.807) is 12.1 Å². The fourth-order valence-corrected chi connectivity index (χ4v) is 2.81. The number of aliphatic hydroxyl groups excluding tert-OH is 1. The van der Waals surface area contributed by atoms with Crippen LogP contribution in [0, 0.1) is 11.7 Å². The molecule has 0 saturated carbocycles. The van der Waals surface area contributed by atoms with E-state index in [2.05, 4.69) is 10.6 Å². The maximum absolute atomic E-state index is 13.1. The van der Waals surface area contributed by atoms with Gasteiger partial charge in [0.2, 0.25) is 5.91 Å². The first-order chi connectivity index (χ1) is 9.85. The summed E-state index contributed by atoms with van der Waals surface area (Å²) < 4.78 is 13.1. The number of hydrogen-bond acceptors (Lipinski definition) is 3. The molecule has 3 N–H and O–H groups in total. The lowest BCUT2D eigenvalue weighted by Crippen LogP contribution is -2.43. The van der Waals surface area contributed by atoms with Gasteiger partial charge in [0.15, 0.2) is 0 Å². The Balaban J connectivity index is 1.84. The molecular formula is C16H23FN2O2. The summed E-state index contributed by atoms with van der Waals surface area (Å²) in [5.74, 6) is 0.0864. The van der Waals surface area contributed by atoms with E-state index in [1.807, 2.05) is 13.8 Å². The SMILES string of the molecule is CC(C)(C[C@H]1CNC(=O)C1)NC[C@H](O)c1cccc(F)c1. The van der Waals surface area contributed by atoms with E-state index in [4.69, 9.17) is 0 Å². The number of benzene rings is 1. The number of carbonyl (C=O) groups is 1. The zero-order valence-corrected chi connectivity index (χ0v) is 12.5. The molecule has 0 unspecified atom stereocenters. The van der Waals surface area contributed by atoms with Crippen molar-refractivity contribution >= 4 is 5.91 Å². The van der Waals surface area contributed by atoms with Crippen molar-refractivity contribution in [3.8, 4) is 0 Å². The minimum Gasteiger partial charge on any atom is -0.387 e. The summed E-state index contributed by atoms with van der Waals surface area (Å²) in [5, 5.41) is 16.3. The third kappa shape index (κ3) is 4.79. The normalized spacial score (nSPS) is 20.4. The van der Waals surface area contributed by atoms with Crippen molar-refractivity contribution < 1.29 is 14.3 Å². The maximum atomic E-state index is 13.1. The van der Waals surface area contributed by atoms with Crippen LogP contribution in [0.1, 0.15) is 38.4 Å². The Kier molecular flexibility index (Phi) is 4.96. The van der Waals surface area contributed by atoms with Crippen LogP contribution < -0.4 is 10.6 Å². The minimum absolute atomic E-state index is 0.107. The van der Waals surface area contributed by atoms with E-state index in [1.165, 1.54) is 12.1 Å². The minimum atomic E-state index is -0.747. The van der Waals surface area contributed by atoms with E-state index >= 15 is 0 Å². The van der Waals surface area contributed by atoms with Gasteiger partial charge in [0.25, 0.3) is 0 Å². The Bertz CT molecular complexity index is 505. The molecule has 2 atom stereocenters. The summed E-state index contributed by atoms with van der Waals surface area (Å²) in [5.41, 5.74) is 0.377. The first-order valence-electron chi connectivity index (χ1n) is 7.31. The Labute approximate surface area is 124 Å². The molecule has 4 nitrogen and oxygen atoms in total. The van der Waals surface area contributed by atoms with Crippen molar-refractivity contribution in [1.29, 1.82) is 0 Å². The number of amides is 1. The molecule has 5 heteroatoms. The summed E-state index contributed by atoms with van der Waals surface area (Å²) in [6.07, 6.45) is 0.669. The average molecular weight is 294 g/mol. The fourth-order valence-electron chi connectivity index (χ4n) is 2.81. The second-order valence-corrected chi connectivity index (χ2v) is 6.41.